The van der Waals surface area contributed by atoms with Crippen LogP contribution in [0.25, 0.3) is 0 Å². The highest BCUT2D eigenvalue weighted by atomic mass is 32.2. The second kappa shape index (κ2) is 6.57. The van der Waals surface area contributed by atoms with E-state index in [4.69, 9.17) is 0 Å². The summed E-state index contributed by atoms with van der Waals surface area (Å²) in [5.41, 5.74) is 0. The summed E-state index contributed by atoms with van der Waals surface area (Å²) in [4.78, 5) is 2.51. The van der Waals surface area contributed by atoms with Crippen LogP contribution in [0.5, 0.6) is 0 Å². The lowest BCUT2D eigenvalue weighted by Crippen LogP contribution is -2.40. The standard InChI is InChI=1S/C11H24N2O2S/c1-3-11-7-4-5-9-13(11)10-6-8-12-16(2,14)15/h11-12H,3-10H2,1-2H3. The molecule has 1 rings (SSSR count). The van der Waals surface area contributed by atoms with Gasteiger partial charge >= 0.3 is 0 Å². The van der Waals surface area contributed by atoms with Gasteiger partial charge in [0, 0.05) is 12.6 Å². The molecule has 0 aromatic rings. The third-order valence-corrected chi connectivity index (χ3v) is 3.94. The number of hydrogen-bond donors (Lipinski definition) is 1. The van der Waals surface area contributed by atoms with Crippen LogP contribution >= 0.6 is 0 Å². The molecule has 96 valence electrons. The second-order valence-electron chi connectivity index (χ2n) is 4.61. The third-order valence-electron chi connectivity index (χ3n) is 3.21. The molecule has 0 bridgehead atoms. The Balaban J connectivity index is 2.20. The van der Waals surface area contributed by atoms with Crippen molar-refractivity contribution in [2.75, 3.05) is 25.9 Å². The van der Waals surface area contributed by atoms with E-state index in [0.717, 1.165) is 13.0 Å². The van der Waals surface area contributed by atoms with Gasteiger partial charge in [0.1, 0.15) is 0 Å². The van der Waals surface area contributed by atoms with E-state index in [2.05, 4.69) is 16.5 Å². The van der Waals surface area contributed by atoms with Gasteiger partial charge in [0.15, 0.2) is 0 Å². The molecule has 0 aliphatic carbocycles. The molecule has 4 nitrogen and oxygen atoms in total. The van der Waals surface area contributed by atoms with Gasteiger partial charge in [-0.2, -0.15) is 0 Å². The Kier molecular flexibility index (Phi) is 5.72. The number of hydrogen-bond acceptors (Lipinski definition) is 3. The zero-order valence-electron chi connectivity index (χ0n) is 10.4. The maximum absolute atomic E-state index is 10.9. The van der Waals surface area contributed by atoms with Crippen molar-refractivity contribution >= 4 is 10.0 Å². The van der Waals surface area contributed by atoms with Gasteiger partial charge in [0.05, 0.1) is 6.26 Å². The molecule has 0 spiro atoms. The first-order valence-corrected chi connectivity index (χ1v) is 8.10. The van der Waals surface area contributed by atoms with Gasteiger partial charge < -0.3 is 4.90 Å². The van der Waals surface area contributed by atoms with Crippen molar-refractivity contribution in [1.29, 1.82) is 0 Å². The predicted octanol–water partition coefficient (Wildman–Crippen LogP) is 1.19. The first kappa shape index (κ1) is 13.9. The van der Waals surface area contributed by atoms with Crippen LogP contribution in [0, 0.1) is 0 Å². The normalized spacial score (nSPS) is 23.5. The van der Waals surface area contributed by atoms with Crippen molar-refractivity contribution in [3.8, 4) is 0 Å². The number of sulfonamides is 1. The first-order valence-electron chi connectivity index (χ1n) is 6.21. The highest BCUT2D eigenvalue weighted by Crippen LogP contribution is 2.19. The van der Waals surface area contributed by atoms with Gasteiger partial charge in [-0.1, -0.05) is 13.3 Å². The number of nitrogens with zero attached hydrogens (tertiary/aromatic N) is 1. The quantitative estimate of drug-likeness (QED) is 0.718. The maximum atomic E-state index is 10.9. The van der Waals surface area contributed by atoms with Gasteiger partial charge in [0.25, 0.3) is 0 Å². The van der Waals surface area contributed by atoms with E-state index >= 15 is 0 Å². The van der Waals surface area contributed by atoms with E-state index in [-0.39, 0.29) is 0 Å². The van der Waals surface area contributed by atoms with E-state index < -0.39 is 10.0 Å². The van der Waals surface area contributed by atoms with E-state index in [9.17, 15) is 8.42 Å². The summed E-state index contributed by atoms with van der Waals surface area (Å²) in [6.07, 6.45) is 7.26. The first-order chi connectivity index (χ1) is 7.53. The summed E-state index contributed by atoms with van der Waals surface area (Å²) in [7, 11) is -3.01. The molecular weight excluding hydrogens is 224 g/mol. The minimum atomic E-state index is -3.01. The lowest BCUT2D eigenvalue weighted by molar-refractivity contribution is 0.143. The lowest BCUT2D eigenvalue weighted by atomic mass is 10.00. The van der Waals surface area contributed by atoms with Crippen LogP contribution in [0.15, 0.2) is 0 Å². The lowest BCUT2D eigenvalue weighted by Gasteiger charge is -2.35. The summed E-state index contributed by atoms with van der Waals surface area (Å²) in [6, 6.07) is 0.715. The fourth-order valence-electron chi connectivity index (χ4n) is 2.36. The molecule has 16 heavy (non-hydrogen) atoms. The van der Waals surface area contributed by atoms with Gasteiger partial charge in [-0.15, -0.1) is 0 Å². The fraction of sp³-hybridized carbons (Fsp3) is 1.00. The molecule has 1 atom stereocenters. The van der Waals surface area contributed by atoms with E-state index in [1.165, 1.54) is 38.5 Å². The zero-order valence-corrected chi connectivity index (χ0v) is 11.2. The second-order valence-corrected chi connectivity index (χ2v) is 6.45. The molecule has 1 fully saturated rings. The molecule has 1 heterocycles. The Bertz CT molecular complexity index is 290. The van der Waals surface area contributed by atoms with Gasteiger partial charge in [-0.25, -0.2) is 13.1 Å². The third kappa shape index (κ3) is 5.27. The van der Waals surface area contributed by atoms with Crippen LogP contribution < -0.4 is 4.72 Å². The molecule has 1 aliphatic rings. The van der Waals surface area contributed by atoms with Crippen LogP contribution in [0.4, 0.5) is 0 Å². The molecule has 0 radical (unpaired) electrons. The van der Waals surface area contributed by atoms with Gasteiger partial charge in [0.2, 0.25) is 10.0 Å². The molecular formula is C11H24N2O2S. The SMILES string of the molecule is CCC1CCCCN1CCCNS(C)(=O)=O. The molecule has 0 aromatic carbocycles. The average molecular weight is 248 g/mol. The van der Waals surface area contributed by atoms with E-state index in [1.54, 1.807) is 0 Å². The topological polar surface area (TPSA) is 49.4 Å². The number of piperidine rings is 1. The van der Waals surface area contributed by atoms with Crippen molar-refractivity contribution in [3.63, 3.8) is 0 Å². The number of rotatable bonds is 6. The van der Waals surface area contributed by atoms with Crippen molar-refractivity contribution in [2.24, 2.45) is 0 Å². The minimum Gasteiger partial charge on any atom is -0.300 e. The van der Waals surface area contributed by atoms with Crippen LogP contribution in [-0.4, -0.2) is 45.2 Å². The molecule has 1 unspecified atom stereocenters. The Hall–Kier alpha value is -0.130. The van der Waals surface area contributed by atoms with E-state index in [1.807, 2.05) is 0 Å². The molecule has 5 heteroatoms. The largest absolute Gasteiger partial charge is 0.300 e. The molecule has 1 aliphatic heterocycles. The van der Waals surface area contributed by atoms with Crippen molar-refractivity contribution in [2.45, 2.75) is 45.1 Å². The van der Waals surface area contributed by atoms with Gasteiger partial charge in [-0.3, -0.25) is 0 Å². The Labute approximate surface area is 99.5 Å². The smallest absolute Gasteiger partial charge is 0.208 e. The fourth-order valence-corrected chi connectivity index (χ4v) is 2.87. The number of nitrogens with one attached hydrogen (secondary N) is 1. The van der Waals surface area contributed by atoms with Crippen LogP contribution in [0.2, 0.25) is 0 Å². The Morgan fingerprint density at radius 3 is 2.75 bits per heavy atom. The van der Waals surface area contributed by atoms with Gasteiger partial charge in [-0.05, 0) is 38.8 Å². The molecule has 1 N–H and O–H groups in total. The maximum Gasteiger partial charge on any atom is 0.208 e. The molecule has 0 aromatic heterocycles. The highest BCUT2D eigenvalue weighted by Gasteiger charge is 2.19. The van der Waals surface area contributed by atoms with Crippen molar-refractivity contribution < 1.29 is 8.42 Å². The Morgan fingerprint density at radius 1 is 1.38 bits per heavy atom. The summed E-state index contributed by atoms with van der Waals surface area (Å²) in [5, 5.41) is 0. The average Bonchev–Trinajstić information content (AvgIpc) is 2.23. The predicted molar refractivity (Wildman–Crippen MR) is 67.0 cm³/mol. The zero-order chi connectivity index (χ0) is 12.0. The van der Waals surface area contributed by atoms with Crippen molar-refractivity contribution in [3.05, 3.63) is 0 Å². The summed E-state index contributed by atoms with van der Waals surface area (Å²) in [5.74, 6) is 0. The van der Waals surface area contributed by atoms with Crippen LogP contribution in [0.1, 0.15) is 39.0 Å². The molecule has 1 saturated heterocycles. The summed E-state index contributed by atoms with van der Waals surface area (Å²) in [6.45, 7) is 4.99. The summed E-state index contributed by atoms with van der Waals surface area (Å²) < 4.78 is 24.3. The van der Waals surface area contributed by atoms with Crippen LogP contribution in [-0.2, 0) is 10.0 Å². The minimum absolute atomic E-state index is 0.561. The van der Waals surface area contributed by atoms with Crippen molar-refractivity contribution in [1.82, 2.24) is 9.62 Å². The summed E-state index contributed by atoms with van der Waals surface area (Å²) >= 11 is 0. The molecule has 0 saturated carbocycles. The van der Waals surface area contributed by atoms with E-state index in [0.29, 0.717) is 12.6 Å². The molecule has 0 amide bonds. The Morgan fingerprint density at radius 2 is 2.12 bits per heavy atom. The number of likely N-dealkylation sites (tertiary alicyclic amines) is 1. The highest BCUT2D eigenvalue weighted by molar-refractivity contribution is 7.88. The van der Waals surface area contributed by atoms with Crippen LogP contribution in [0.3, 0.4) is 0 Å². The monoisotopic (exact) mass is 248 g/mol.